The highest BCUT2D eigenvalue weighted by molar-refractivity contribution is 9.10. The number of aliphatic hydroxyl groups is 1. The number of rotatable bonds is 5. The van der Waals surface area contributed by atoms with Crippen molar-refractivity contribution in [1.82, 2.24) is 4.31 Å². The van der Waals surface area contributed by atoms with Gasteiger partial charge in [-0.05, 0) is 41.9 Å². The van der Waals surface area contributed by atoms with E-state index in [2.05, 4.69) is 15.9 Å². The van der Waals surface area contributed by atoms with Gasteiger partial charge >= 0.3 is 0 Å². The zero-order chi connectivity index (χ0) is 15.7. The van der Waals surface area contributed by atoms with E-state index in [1.165, 1.54) is 34.1 Å². The molecular formula is C12H17BrClNO4S. The van der Waals surface area contributed by atoms with Gasteiger partial charge in [0.15, 0.2) is 5.75 Å². The lowest BCUT2D eigenvalue weighted by Crippen LogP contribution is -2.39. The van der Waals surface area contributed by atoms with E-state index < -0.39 is 15.6 Å². The number of ether oxygens (including phenoxy) is 1. The minimum Gasteiger partial charge on any atom is -0.494 e. The van der Waals surface area contributed by atoms with Crippen molar-refractivity contribution in [3.05, 3.63) is 21.6 Å². The minimum absolute atomic E-state index is 0.0499. The number of halogens is 2. The maximum atomic E-state index is 12.5. The summed E-state index contributed by atoms with van der Waals surface area (Å²) in [6, 6.07) is 2.87. The highest BCUT2D eigenvalue weighted by Gasteiger charge is 2.30. The normalized spacial score (nSPS) is 12.8. The van der Waals surface area contributed by atoms with Gasteiger partial charge < -0.3 is 9.84 Å². The van der Waals surface area contributed by atoms with Crippen LogP contribution in [0.15, 0.2) is 21.5 Å². The standard InChI is InChI=1S/C12H17BrClNO4S/c1-12(2,16)7-15(3)20(17,18)10-6-8(14)5-9(13)11(10)19-4/h5-6,16H,7H2,1-4H3. The first-order valence-corrected chi connectivity index (χ1v) is 8.32. The summed E-state index contributed by atoms with van der Waals surface area (Å²) in [7, 11) is -1.06. The molecule has 0 fully saturated rings. The summed E-state index contributed by atoms with van der Waals surface area (Å²) < 4.78 is 31.7. The monoisotopic (exact) mass is 385 g/mol. The molecular weight excluding hydrogens is 370 g/mol. The molecule has 1 rings (SSSR count). The van der Waals surface area contributed by atoms with Crippen LogP contribution in [0.1, 0.15) is 13.8 Å². The SMILES string of the molecule is COc1c(Br)cc(Cl)cc1S(=O)(=O)N(C)CC(C)(C)O. The third-order valence-corrected chi connectivity index (χ3v) is 5.09. The molecule has 1 N–H and O–H groups in total. The first-order chi connectivity index (χ1) is 8.99. The first-order valence-electron chi connectivity index (χ1n) is 5.71. The second kappa shape index (κ2) is 6.19. The minimum atomic E-state index is -3.83. The van der Waals surface area contributed by atoms with Gasteiger partial charge in [-0.3, -0.25) is 0 Å². The van der Waals surface area contributed by atoms with Crippen LogP contribution in [-0.2, 0) is 10.0 Å². The predicted molar refractivity (Wildman–Crippen MR) is 81.8 cm³/mol. The Balaban J connectivity index is 3.35. The summed E-state index contributed by atoms with van der Waals surface area (Å²) in [5, 5.41) is 10.0. The second-order valence-electron chi connectivity index (χ2n) is 4.99. The quantitative estimate of drug-likeness (QED) is 0.844. The van der Waals surface area contributed by atoms with Gasteiger partial charge in [-0.2, -0.15) is 4.31 Å². The highest BCUT2D eigenvalue weighted by Crippen LogP contribution is 2.36. The largest absolute Gasteiger partial charge is 0.494 e. The number of sulfonamides is 1. The predicted octanol–water partition coefficient (Wildman–Crippen LogP) is 2.50. The van der Waals surface area contributed by atoms with Crippen LogP contribution in [0, 0.1) is 0 Å². The van der Waals surface area contributed by atoms with E-state index in [0.717, 1.165) is 4.31 Å². The Morgan fingerprint density at radius 2 is 2.00 bits per heavy atom. The molecule has 20 heavy (non-hydrogen) atoms. The average molecular weight is 387 g/mol. The molecule has 0 aliphatic heterocycles. The molecule has 0 unspecified atom stereocenters. The fourth-order valence-electron chi connectivity index (χ4n) is 1.72. The van der Waals surface area contributed by atoms with Crippen LogP contribution in [-0.4, -0.2) is 44.1 Å². The Kier molecular flexibility index (Phi) is 5.48. The van der Waals surface area contributed by atoms with Gasteiger partial charge in [-0.25, -0.2) is 8.42 Å². The van der Waals surface area contributed by atoms with Gasteiger partial charge in [0.1, 0.15) is 4.90 Å². The number of hydrogen-bond donors (Lipinski definition) is 1. The van der Waals surface area contributed by atoms with Gasteiger partial charge in [0.2, 0.25) is 10.0 Å². The van der Waals surface area contributed by atoms with Crippen LogP contribution >= 0.6 is 27.5 Å². The van der Waals surface area contributed by atoms with Crippen molar-refractivity contribution >= 4 is 37.6 Å². The highest BCUT2D eigenvalue weighted by atomic mass is 79.9. The van der Waals surface area contributed by atoms with Gasteiger partial charge in [0.05, 0.1) is 17.2 Å². The number of methoxy groups -OCH3 is 1. The molecule has 0 aromatic heterocycles. The summed E-state index contributed by atoms with van der Waals surface area (Å²) >= 11 is 9.12. The van der Waals surface area contributed by atoms with Crippen LogP contribution in [0.5, 0.6) is 5.75 Å². The smallest absolute Gasteiger partial charge is 0.246 e. The Morgan fingerprint density at radius 3 is 2.45 bits per heavy atom. The van der Waals surface area contributed by atoms with Crippen molar-refractivity contribution < 1.29 is 18.3 Å². The fourth-order valence-corrected chi connectivity index (χ4v) is 4.42. The molecule has 1 aromatic carbocycles. The van der Waals surface area contributed by atoms with E-state index in [4.69, 9.17) is 16.3 Å². The lowest BCUT2D eigenvalue weighted by atomic mass is 10.1. The fraction of sp³-hybridized carbons (Fsp3) is 0.500. The van der Waals surface area contributed by atoms with Crippen molar-refractivity contribution in [3.8, 4) is 5.75 Å². The van der Waals surface area contributed by atoms with E-state index in [9.17, 15) is 13.5 Å². The van der Waals surface area contributed by atoms with Crippen molar-refractivity contribution in [2.75, 3.05) is 20.7 Å². The summed E-state index contributed by atoms with van der Waals surface area (Å²) in [4.78, 5) is -0.0499. The molecule has 1 aromatic rings. The Bertz CT molecular complexity index is 598. The maximum absolute atomic E-state index is 12.5. The molecule has 0 heterocycles. The lowest BCUT2D eigenvalue weighted by Gasteiger charge is -2.25. The number of likely N-dealkylation sites (N-methyl/N-ethyl adjacent to an activating group) is 1. The molecule has 8 heteroatoms. The number of nitrogens with zero attached hydrogens (tertiary/aromatic N) is 1. The molecule has 0 amide bonds. The Morgan fingerprint density at radius 1 is 1.45 bits per heavy atom. The van der Waals surface area contributed by atoms with Crippen LogP contribution in [0.2, 0.25) is 5.02 Å². The lowest BCUT2D eigenvalue weighted by molar-refractivity contribution is 0.0639. The summed E-state index contributed by atoms with van der Waals surface area (Å²) in [6.45, 7) is 3.01. The van der Waals surface area contributed by atoms with Crippen molar-refractivity contribution in [1.29, 1.82) is 0 Å². The van der Waals surface area contributed by atoms with Gasteiger partial charge in [-0.1, -0.05) is 11.6 Å². The Labute approximate surface area is 132 Å². The molecule has 0 bridgehead atoms. The zero-order valence-electron chi connectivity index (χ0n) is 11.6. The zero-order valence-corrected chi connectivity index (χ0v) is 14.8. The first kappa shape index (κ1) is 17.7. The van der Waals surface area contributed by atoms with Crippen molar-refractivity contribution in [2.45, 2.75) is 24.3 Å². The molecule has 0 aliphatic carbocycles. The second-order valence-corrected chi connectivity index (χ2v) is 8.30. The molecule has 0 spiro atoms. The maximum Gasteiger partial charge on any atom is 0.246 e. The molecule has 0 radical (unpaired) electrons. The summed E-state index contributed by atoms with van der Waals surface area (Å²) in [6.07, 6.45) is 0. The van der Waals surface area contributed by atoms with E-state index in [0.29, 0.717) is 4.47 Å². The molecule has 5 nitrogen and oxygen atoms in total. The van der Waals surface area contributed by atoms with E-state index >= 15 is 0 Å². The summed E-state index contributed by atoms with van der Waals surface area (Å²) in [5.41, 5.74) is -1.15. The number of hydrogen-bond acceptors (Lipinski definition) is 4. The van der Waals surface area contributed by atoms with Gasteiger partial charge in [0.25, 0.3) is 0 Å². The average Bonchev–Trinajstić information content (AvgIpc) is 2.25. The van der Waals surface area contributed by atoms with Crippen LogP contribution < -0.4 is 4.74 Å². The topological polar surface area (TPSA) is 66.8 Å². The van der Waals surface area contributed by atoms with Crippen molar-refractivity contribution in [3.63, 3.8) is 0 Å². The van der Waals surface area contributed by atoms with Crippen molar-refractivity contribution in [2.24, 2.45) is 0 Å². The van der Waals surface area contributed by atoms with Crippen LogP contribution in [0.4, 0.5) is 0 Å². The van der Waals surface area contributed by atoms with Crippen LogP contribution in [0.3, 0.4) is 0 Å². The van der Waals surface area contributed by atoms with E-state index in [1.807, 2.05) is 0 Å². The molecule has 0 saturated carbocycles. The third-order valence-electron chi connectivity index (χ3n) is 2.48. The van der Waals surface area contributed by atoms with Gasteiger partial charge in [-0.15, -0.1) is 0 Å². The van der Waals surface area contributed by atoms with Crippen LogP contribution in [0.25, 0.3) is 0 Å². The molecule has 114 valence electrons. The van der Waals surface area contributed by atoms with E-state index in [1.54, 1.807) is 6.07 Å². The molecule has 0 saturated heterocycles. The Hall–Kier alpha value is -0.340. The molecule has 0 aliphatic rings. The molecule has 0 atom stereocenters. The third kappa shape index (κ3) is 4.08. The number of benzene rings is 1. The van der Waals surface area contributed by atoms with Gasteiger partial charge in [0, 0.05) is 18.6 Å². The summed E-state index contributed by atoms with van der Waals surface area (Å²) in [5.74, 6) is 0.178. The van der Waals surface area contributed by atoms with E-state index in [-0.39, 0.29) is 22.2 Å².